The van der Waals surface area contributed by atoms with Gasteiger partial charge in [-0.05, 0) is 29.5 Å². The molecule has 16 heavy (non-hydrogen) atoms. The molecule has 2 atom stereocenters. The first kappa shape index (κ1) is 11.1. The summed E-state index contributed by atoms with van der Waals surface area (Å²) in [6.07, 6.45) is 0. The Morgan fingerprint density at radius 3 is 2.50 bits per heavy atom. The average Bonchev–Trinajstić information content (AvgIpc) is 2.69. The predicted octanol–water partition coefficient (Wildman–Crippen LogP) is 2.96. The SMILES string of the molecule is Cc1cccc(F)c1C1C(C(=O)O)C1(C)C. The molecule has 0 aliphatic heterocycles. The van der Waals surface area contributed by atoms with Gasteiger partial charge in [0.1, 0.15) is 5.82 Å². The zero-order chi connectivity index (χ0) is 12.1. The number of rotatable bonds is 2. The molecule has 1 aromatic rings. The highest BCUT2D eigenvalue weighted by Gasteiger charge is 2.63. The van der Waals surface area contributed by atoms with Crippen LogP contribution < -0.4 is 0 Å². The first-order chi connectivity index (χ1) is 7.37. The first-order valence-electron chi connectivity index (χ1n) is 5.35. The number of carboxylic acid groups (broad SMARTS) is 1. The van der Waals surface area contributed by atoms with Crippen molar-refractivity contribution in [1.82, 2.24) is 0 Å². The maximum atomic E-state index is 13.7. The molecule has 3 heteroatoms. The van der Waals surface area contributed by atoms with Crippen LogP contribution in [0.1, 0.15) is 30.9 Å². The van der Waals surface area contributed by atoms with Crippen molar-refractivity contribution in [3.63, 3.8) is 0 Å². The van der Waals surface area contributed by atoms with Crippen LogP contribution in [0.2, 0.25) is 0 Å². The van der Waals surface area contributed by atoms with Crippen molar-refractivity contribution in [2.45, 2.75) is 26.7 Å². The van der Waals surface area contributed by atoms with Crippen molar-refractivity contribution < 1.29 is 14.3 Å². The molecule has 1 N–H and O–H groups in total. The molecule has 0 heterocycles. The summed E-state index contributed by atoms with van der Waals surface area (Å²) in [5, 5.41) is 9.08. The third-order valence-corrected chi connectivity index (χ3v) is 3.68. The van der Waals surface area contributed by atoms with Gasteiger partial charge in [-0.1, -0.05) is 26.0 Å². The number of aliphatic carboxylic acids is 1. The third kappa shape index (κ3) is 1.42. The molecule has 0 saturated heterocycles. The second-order valence-corrected chi connectivity index (χ2v) is 5.09. The Morgan fingerprint density at radius 1 is 1.44 bits per heavy atom. The van der Waals surface area contributed by atoms with Gasteiger partial charge in [-0.2, -0.15) is 0 Å². The summed E-state index contributed by atoms with van der Waals surface area (Å²) >= 11 is 0. The molecule has 2 nitrogen and oxygen atoms in total. The third-order valence-electron chi connectivity index (χ3n) is 3.68. The van der Waals surface area contributed by atoms with Gasteiger partial charge in [-0.15, -0.1) is 0 Å². The first-order valence-corrected chi connectivity index (χ1v) is 5.35. The largest absolute Gasteiger partial charge is 0.481 e. The Labute approximate surface area is 94.1 Å². The van der Waals surface area contributed by atoms with Crippen LogP contribution in [0.3, 0.4) is 0 Å². The maximum absolute atomic E-state index is 13.7. The van der Waals surface area contributed by atoms with Crippen molar-refractivity contribution in [3.8, 4) is 0 Å². The molecular weight excluding hydrogens is 207 g/mol. The molecule has 1 fully saturated rings. The van der Waals surface area contributed by atoms with Gasteiger partial charge in [-0.25, -0.2) is 4.39 Å². The van der Waals surface area contributed by atoms with Crippen LogP contribution in [0.15, 0.2) is 18.2 Å². The average molecular weight is 222 g/mol. The number of carbonyl (C=O) groups is 1. The van der Waals surface area contributed by atoms with Gasteiger partial charge in [0.25, 0.3) is 0 Å². The maximum Gasteiger partial charge on any atom is 0.307 e. The van der Waals surface area contributed by atoms with E-state index in [4.69, 9.17) is 5.11 Å². The molecule has 1 aliphatic rings. The smallest absolute Gasteiger partial charge is 0.307 e. The Kier molecular flexibility index (Phi) is 2.30. The van der Waals surface area contributed by atoms with Crippen molar-refractivity contribution in [2.75, 3.05) is 0 Å². The van der Waals surface area contributed by atoms with E-state index >= 15 is 0 Å². The molecule has 0 bridgehead atoms. The standard InChI is InChI=1S/C13H15FO2/c1-7-5-4-6-8(14)9(7)10-11(12(15)16)13(10,2)3/h4-6,10-11H,1-3H3,(H,15,16). The van der Waals surface area contributed by atoms with Gasteiger partial charge in [-0.3, -0.25) is 4.79 Å². The van der Waals surface area contributed by atoms with E-state index in [1.165, 1.54) is 6.07 Å². The minimum Gasteiger partial charge on any atom is -0.481 e. The quantitative estimate of drug-likeness (QED) is 0.835. The molecule has 1 saturated carbocycles. The van der Waals surface area contributed by atoms with E-state index in [2.05, 4.69) is 0 Å². The Bertz CT molecular complexity index is 431. The summed E-state index contributed by atoms with van der Waals surface area (Å²) < 4.78 is 13.7. The van der Waals surface area contributed by atoms with Crippen molar-refractivity contribution in [1.29, 1.82) is 0 Å². The van der Waals surface area contributed by atoms with Crippen molar-refractivity contribution in [3.05, 3.63) is 35.1 Å². The lowest BCUT2D eigenvalue weighted by molar-refractivity contribution is -0.139. The topological polar surface area (TPSA) is 37.3 Å². The van der Waals surface area contributed by atoms with Gasteiger partial charge in [0.05, 0.1) is 5.92 Å². The highest BCUT2D eigenvalue weighted by atomic mass is 19.1. The lowest BCUT2D eigenvalue weighted by Gasteiger charge is -2.08. The second-order valence-electron chi connectivity index (χ2n) is 5.09. The van der Waals surface area contributed by atoms with Crippen LogP contribution in [0.25, 0.3) is 0 Å². The van der Waals surface area contributed by atoms with Gasteiger partial charge in [0.2, 0.25) is 0 Å². The van der Waals surface area contributed by atoms with Crippen LogP contribution in [-0.2, 0) is 4.79 Å². The van der Waals surface area contributed by atoms with E-state index in [0.717, 1.165) is 5.56 Å². The number of carboxylic acids is 1. The van der Waals surface area contributed by atoms with Crippen molar-refractivity contribution >= 4 is 5.97 Å². The lowest BCUT2D eigenvalue weighted by atomic mass is 9.98. The minimum absolute atomic E-state index is 0.203. The Morgan fingerprint density at radius 2 is 2.06 bits per heavy atom. The molecule has 0 spiro atoms. The van der Waals surface area contributed by atoms with Gasteiger partial charge in [0.15, 0.2) is 0 Å². The highest BCUT2D eigenvalue weighted by molar-refractivity contribution is 5.77. The summed E-state index contributed by atoms with van der Waals surface area (Å²) in [4.78, 5) is 11.1. The Hall–Kier alpha value is -1.38. The van der Waals surface area contributed by atoms with E-state index in [9.17, 15) is 9.18 Å². The van der Waals surface area contributed by atoms with Gasteiger partial charge in [0, 0.05) is 5.92 Å². The summed E-state index contributed by atoms with van der Waals surface area (Å²) in [5.41, 5.74) is 1.06. The molecule has 0 radical (unpaired) electrons. The van der Waals surface area contributed by atoms with Crippen LogP contribution in [-0.4, -0.2) is 11.1 Å². The fraction of sp³-hybridized carbons (Fsp3) is 0.462. The fourth-order valence-electron chi connectivity index (χ4n) is 2.68. The van der Waals surface area contributed by atoms with E-state index in [0.29, 0.717) is 5.56 Å². The van der Waals surface area contributed by atoms with Crippen LogP contribution >= 0.6 is 0 Å². The molecular formula is C13H15FO2. The summed E-state index contributed by atoms with van der Waals surface area (Å²) in [6.45, 7) is 5.58. The van der Waals surface area contributed by atoms with E-state index in [-0.39, 0.29) is 17.2 Å². The summed E-state index contributed by atoms with van der Waals surface area (Å²) in [5.74, 6) is -1.80. The summed E-state index contributed by atoms with van der Waals surface area (Å²) in [6, 6.07) is 4.88. The minimum atomic E-state index is -0.836. The number of hydrogen-bond donors (Lipinski definition) is 1. The number of benzene rings is 1. The zero-order valence-corrected chi connectivity index (χ0v) is 9.62. The molecule has 0 aromatic heterocycles. The van der Waals surface area contributed by atoms with Gasteiger partial charge >= 0.3 is 5.97 Å². The van der Waals surface area contributed by atoms with E-state index in [1.807, 2.05) is 26.8 Å². The number of halogens is 1. The number of aryl methyl sites for hydroxylation is 1. The highest BCUT2D eigenvalue weighted by Crippen LogP contribution is 2.65. The second kappa shape index (κ2) is 3.30. The molecule has 1 aliphatic carbocycles. The number of hydrogen-bond acceptors (Lipinski definition) is 1. The molecule has 2 unspecified atom stereocenters. The van der Waals surface area contributed by atoms with Gasteiger partial charge < -0.3 is 5.11 Å². The van der Waals surface area contributed by atoms with E-state index < -0.39 is 11.9 Å². The van der Waals surface area contributed by atoms with Crippen LogP contribution in [0.4, 0.5) is 4.39 Å². The van der Waals surface area contributed by atoms with Crippen LogP contribution in [0.5, 0.6) is 0 Å². The normalized spacial score (nSPS) is 26.5. The van der Waals surface area contributed by atoms with Crippen molar-refractivity contribution in [2.24, 2.45) is 11.3 Å². The fourth-order valence-corrected chi connectivity index (χ4v) is 2.68. The van der Waals surface area contributed by atoms with Crippen LogP contribution in [0, 0.1) is 24.1 Å². The van der Waals surface area contributed by atoms with E-state index in [1.54, 1.807) is 6.07 Å². The molecule has 86 valence electrons. The lowest BCUT2D eigenvalue weighted by Crippen LogP contribution is -2.03. The molecule has 1 aromatic carbocycles. The zero-order valence-electron chi connectivity index (χ0n) is 9.62. The molecule has 2 rings (SSSR count). The summed E-state index contributed by atoms with van der Waals surface area (Å²) in [7, 11) is 0. The Balaban J connectivity index is 2.45. The predicted molar refractivity (Wildman–Crippen MR) is 58.8 cm³/mol. The monoisotopic (exact) mass is 222 g/mol. The molecule has 0 amide bonds.